The van der Waals surface area contributed by atoms with E-state index in [-0.39, 0.29) is 0 Å². The van der Waals surface area contributed by atoms with Gasteiger partial charge < -0.3 is 14.3 Å². The van der Waals surface area contributed by atoms with E-state index in [1.54, 1.807) is 18.4 Å². The standard InChI is InChI=1S/C13H14O3/c1-2-15-11-7-5-10(6-8-11)13(14)12-4-3-9-16-12/h3-9,13-14H,2H2,1H3/t13-/m1/s1. The number of furan rings is 1. The lowest BCUT2D eigenvalue weighted by atomic mass is 10.1. The van der Waals surface area contributed by atoms with E-state index in [0.717, 1.165) is 11.3 Å². The molecular formula is C13H14O3. The predicted octanol–water partition coefficient (Wildman–Crippen LogP) is 2.76. The van der Waals surface area contributed by atoms with Crippen LogP contribution in [0.2, 0.25) is 0 Å². The second-order valence-electron chi connectivity index (χ2n) is 3.42. The van der Waals surface area contributed by atoms with Crippen molar-refractivity contribution in [1.29, 1.82) is 0 Å². The highest BCUT2D eigenvalue weighted by Gasteiger charge is 2.12. The highest BCUT2D eigenvalue weighted by molar-refractivity contribution is 5.31. The molecule has 1 atom stereocenters. The molecule has 1 heterocycles. The fourth-order valence-electron chi connectivity index (χ4n) is 1.52. The van der Waals surface area contributed by atoms with Gasteiger partial charge in [0.25, 0.3) is 0 Å². The summed E-state index contributed by atoms with van der Waals surface area (Å²) in [7, 11) is 0. The maximum absolute atomic E-state index is 9.97. The van der Waals surface area contributed by atoms with Crippen molar-refractivity contribution in [2.75, 3.05) is 6.61 Å². The van der Waals surface area contributed by atoms with Gasteiger partial charge in [0.05, 0.1) is 12.9 Å². The molecule has 1 N–H and O–H groups in total. The van der Waals surface area contributed by atoms with Crippen LogP contribution in [-0.4, -0.2) is 11.7 Å². The molecule has 0 fully saturated rings. The van der Waals surface area contributed by atoms with Gasteiger partial charge in [-0.25, -0.2) is 0 Å². The van der Waals surface area contributed by atoms with Crippen molar-refractivity contribution in [2.24, 2.45) is 0 Å². The second kappa shape index (κ2) is 4.86. The third-order valence-electron chi connectivity index (χ3n) is 2.32. The Balaban J connectivity index is 2.15. The summed E-state index contributed by atoms with van der Waals surface area (Å²) in [5, 5.41) is 9.97. The van der Waals surface area contributed by atoms with Gasteiger partial charge >= 0.3 is 0 Å². The Hall–Kier alpha value is -1.74. The third kappa shape index (κ3) is 2.25. The first-order valence-electron chi connectivity index (χ1n) is 5.25. The lowest BCUT2D eigenvalue weighted by Crippen LogP contribution is -1.98. The minimum Gasteiger partial charge on any atom is -0.494 e. The smallest absolute Gasteiger partial charge is 0.137 e. The van der Waals surface area contributed by atoms with Crippen molar-refractivity contribution in [3.05, 3.63) is 54.0 Å². The van der Waals surface area contributed by atoms with Crippen LogP contribution < -0.4 is 4.74 Å². The molecule has 3 nitrogen and oxygen atoms in total. The van der Waals surface area contributed by atoms with Crippen molar-refractivity contribution in [1.82, 2.24) is 0 Å². The van der Waals surface area contributed by atoms with E-state index in [9.17, 15) is 5.11 Å². The zero-order valence-corrected chi connectivity index (χ0v) is 9.09. The van der Waals surface area contributed by atoms with Gasteiger partial charge in [0, 0.05) is 0 Å². The minimum atomic E-state index is -0.717. The van der Waals surface area contributed by atoms with Crippen molar-refractivity contribution >= 4 is 0 Å². The number of rotatable bonds is 4. The maximum Gasteiger partial charge on any atom is 0.137 e. The maximum atomic E-state index is 9.97. The Morgan fingerprint density at radius 2 is 2.00 bits per heavy atom. The lowest BCUT2D eigenvalue weighted by Gasteiger charge is -2.09. The van der Waals surface area contributed by atoms with Crippen LogP contribution in [0.4, 0.5) is 0 Å². The van der Waals surface area contributed by atoms with Crippen LogP contribution in [0.25, 0.3) is 0 Å². The summed E-state index contributed by atoms with van der Waals surface area (Å²) in [5.41, 5.74) is 0.790. The number of benzene rings is 1. The molecule has 0 amide bonds. The first kappa shape index (κ1) is 10.8. The van der Waals surface area contributed by atoms with E-state index in [1.165, 1.54) is 0 Å². The van der Waals surface area contributed by atoms with Crippen LogP contribution in [0.1, 0.15) is 24.4 Å². The van der Waals surface area contributed by atoms with Crippen LogP contribution in [0, 0.1) is 0 Å². The monoisotopic (exact) mass is 218 g/mol. The number of ether oxygens (including phenoxy) is 1. The van der Waals surface area contributed by atoms with Crippen LogP contribution in [0.3, 0.4) is 0 Å². The average molecular weight is 218 g/mol. The molecule has 0 radical (unpaired) electrons. The molecule has 0 aliphatic carbocycles. The molecule has 1 aromatic heterocycles. The largest absolute Gasteiger partial charge is 0.494 e. The Labute approximate surface area is 94.3 Å². The molecule has 0 unspecified atom stereocenters. The lowest BCUT2D eigenvalue weighted by molar-refractivity contribution is 0.189. The first-order valence-corrected chi connectivity index (χ1v) is 5.25. The zero-order valence-electron chi connectivity index (χ0n) is 9.09. The molecule has 0 aliphatic rings. The van der Waals surface area contributed by atoms with Gasteiger partial charge in [-0.2, -0.15) is 0 Å². The highest BCUT2D eigenvalue weighted by atomic mass is 16.5. The number of hydrogen-bond acceptors (Lipinski definition) is 3. The summed E-state index contributed by atoms with van der Waals surface area (Å²) in [6.07, 6.45) is 0.832. The minimum absolute atomic E-state index is 0.546. The van der Waals surface area contributed by atoms with Crippen LogP contribution in [0.15, 0.2) is 47.1 Å². The van der Waals surface area contributed by atoms with E-state index in [0.29, 0.717) is 12.4 Å². The van der Waals surface area contributed by atoms with Gasteiger partial charge in [-0.15, -0.1) is 0 Å². The average Bonchev–Trinajstić information content (AvgIpc) is 2.83. The first-order chi connectivity index (χ1) is 7.81. The molecule has 0 spiro atoms. The van der Waals surface area contributed by atoms with E-state index in [4.69, 9.17) is 9.15 Å². The highest BCUT2D eigenvalue weighted by Crippen LogP contribution is 2.24. The molecule has 2 rings (SSSR count). The third-order valence-corrected chi connectivity index (χ3v) is 2.32. The molecule has 0 saturated carbocycles. The summed E-state index contributed by atoms with van der Waals surface area (Å²) in [6, 6.07) is 10.8. The molecule has 16 heavy (non-hydrogen) atoms. The van der Waals surface area contributed by atoms with E-state index < -0.39 is 6.10 Å². The second-order valence-corrected chi connectivity index (χ2v) is 3.42. The molecule has 0 aliphatic heterocycles. The van der Waals surface area contributed by atoms with Crippen LogP contribution >= 0.6 is 0 Å². The Morgan fingerprint density at radius 1 is 1.25 bits per heavy atom. The summed E-state index contributed by atoms with van der Waals surface area (Å²) in [6.45, 7) is 2.58. The fourth-order valence-corrected chi connectivity index (χ4v) is 1.52. The van der Waals surface area contributed by atoms with Gasteiger partial charge in [0.1, 0.15) is 17.6 Å². The summed E-state index contributed by atoms with van der Waals surface area (Å²) in [5.74, 6) is 1.35. The van der Waals surface area contributed by atoms with E-state index in [2.05, 4.69) is 0 Å². The van der Waals surface area contributed by atoms with Gasteiger partial charge in [-0.1, -0.05) is 12.1 Å². The van der Waals surface area contributed by atoms with Gasteiger partial charge in [-0.05, 0) is 36.8 Å². The van der Waals surface area contributed by atoms with Crippen molar-refractivity contribution in [2.45, 2.75) is 13.0 Å². The Morgan fingerprint density at radius 3 is 2.56 bits per heavy atom. The Bertz CT molecular complexity index is 417. The summed E-state index contributed by atoms with van der Waals surface area (Å²) < 4.78 is 10.5. The van der Waals surface area contributed by atoms with Gasteiger partial charge in [-0.3, -0.25) is 0 Å². The van der Waals surface area contributed by atoms with E-state index >= 15 is 0 Å². The summed E-state index contributed by atoms with van der Waals surface area (Å²) >= 11 is 0. The number of aliphatic hydroxyl groups is 1. The molecule has 0 saturated heterocycles. The van der Waals surface area contributed by atoms with E-state index in [1.807, 2.05) is 31.2 Å². The zero-order chi connectivity index (χ0) is 11.4. The molecular weight excluding hydrogens is 204 g/mol. The van der Waals surface area contributed by atoms with Crippen molar-refractivity contribution in [3.8, 4) is 5.75 Å². The molecule has 84 valence electrons. The SMILES string of the molecule is CCOc1ccc([C@@H](O)c2ccco2)cc1. The molecule has 0 bridgehead atoms. The number of hydrogen-bond donors (Lipinski definition) is 1. The van der Waals surface area contributed by atoms with Crippen molar-refractivity contribution < 1.29 is 14.3 Å². The topological polar surface area (TPSA) is 42.6 Å². The van der Waals surface area contributed by atoms with Crippen LogP contribution in [-0.2, 0) is 0 Å². The quantitative estimate of drug-likeness (QED) is 0.858. The predicted molar refractivity (Wildman–Crippen MR) is 60.4 cm³/mol. The normalized spacial score (nSPS) is 12.4. The molecule has 2 aromatic rings. The van der Waals surface area contributed by atoms with Gasteiger partial charge in [0.2, 0.25) is 0 Å². The Kier molecular flexibility index (Phi) is 3.27. The molecule has 1 aromatic carbocycles. The molecule has 3 heteroatoms. The fraction of sp³-hybridized carbons (Fsp3) is 0.231. The number of aliphatic hydroxyl groups excluding tert-OH is 1. The van der Waals surface area contributed by atoms with Crippen LogP contribution in [0.5, 0.6) is 5.75 Å². The van der Waals surface area contributed by atoms with Gasteiger partial charge in [0.15, 0.2) is 0 Å². The summed E-state index contributed by atoms with van der Waals surface area (Å²) in [4.78, 5) is 0. The van der Waals surface area contributed by atoms with Crippen molar-refractivity contribution in [3.63, 3.8) is 0 Å².